The first-order chi connectivity index (χ1) is 11.3. The first kappa shape index (κ1) is 16.9. The predicted octanol–water partition coefficient (Wildman–Crippen LogP) is 0.287. The van der Waals surface area contributed by atoms with E-state index in [2.05, 4.69) is 0 Å². The van der Waals surface area contributed by atoms with Crippen molar-refractivity contribution in [2.24, 2.45) is 5.92 Å². The molecule has 1 amide bonds. The van der Waals surface area contributed by atoms with Crippen LogP contribution in [0.3, 0.4) is 0 Å². The molecule has 0 unspecified atom stereocenters. The van der Waals surface area contributed by atoms with Gasteiger partial charge in [-0.3, -0.25) is 9.59 Å². The first-order valence-corrected chi connectivity index (χ1v) is 9.29. The number of amides is 1. The van der Waals surface area contributed by atoms with Crippen molar-refractivity contribution < 1.29 is 28.2 Å². The van der Waals surface area contributed by atoms with Gasteiger partial charge in [-0.15, -0.1) is 0 Å². The second-order valence-corrected chi connectivity index (χ2v) is 8.56. The van der Waals surface area contributed by atoms with E-state index in [0.29, 0.717) is 6.42 Å². The number of benzene rings is 1. The van der Waals surface area contributed by atoms with Crippen molar-refractivity contribution in [1.29, 1.82) is 0 Å². The lowest BCUT2D eigenvalue weighted by Gasteiger charge is -2.40. The molecule has 1 aromatic carbocycles. The van der Waals surface area contributed by atoms with Crippen molar-refractivity contribution in [3.63, 3.8) is 0 Å². The Balaban J connectivity index is 2.04. The lowest BCUT2D eigenvalue weighted by molar-refractivity contribution is -0.152. The molecule has 2 N–H and O–H groups in total. The monoisotopic (exact) mass is 353 g/mol. The van der Waals surface area contributed by atoms with Crippen molar-refractivity contribution in [3.8, 4) is 0 Å². The highest BCUT2D eigenvalue weighted by molar-refractivity contribution is 7.93. The number of hydrogen-bond acceptors (Lipinski definition) is 5. The van der Waals surface area contributed by atoms with Gasteiger partial charge >= 0.3 is 5.97 Å². The minimum absolute atomic E-state index is 0.0873. The number of sulfone groups is 1. The van der Waals surface area contributed by atoms with E-state index in [-0.39, 0.29) is 30.8 Å². The molecule has 1 aromatic rings. The lowest BCUT2D eigenvalue weighted by Crippen LogP contribution is -2.60. The maximum absolute atomic E-state index is 13.1. The topological polar surface area (TPSA) is 112 Å². The number of rotatable bonds is 4. The fourth-order valence-electron chi connectivity index (χ4n) is 3.66. The Hall–Kier alpha value is -1.93. The normalized spacial score (nSPS) is 27.7. The van der Waals surface area contributed by atoms with Crippen LogP contribution in [0.4, 0.5) is 0 Å². The predicted molar refractivity (Wildman–Crippen MR) is 83.9 cm³/mol. The van der Waals surface area contributed by atoms with Crippen molar-refractivity contribution in [1.82, 2.24) is 4.90 Å². The number of carboxylic acids is 1. The average molecular weight is 353 g/mol. The molecule has 24 heavy (non-hydrogen) atoms. The fourth-order valence-corrected chi connectivity index (χ4v) is 5.83. The number of likely N-dealkylation sites (tertiary alicyclic amines) is 1. The zero-order valence-electron chi connectivity index (χ0n) is 13.0. The summed E-state index contributed by atoms with van der Waals surface area (Å²) in [7, 11) is -4.23. The molecule has 2 fully saturated rings. The molecule has 1 heterocycles. The van der Waals surface area contributed by atoms with Crippen LogP contribution in [0.1, 0.15) is 19.3 Å². The van der Waals surface area contributed by atoms with E-state index in [0.717, 1.165) is 0 Å². The zero-order chi connectivity index (χ0) is 17.5. The number of aliphatic hydroxyl groups is 1. The summed E-state index contributed by atoms with van der Waals surface area (Å²) in [6, 6.07) is 7.41. The summed E-state index contributed by atoms with van der Waals surface area (Å²) in [5, 5.41) is 19.2. The molecule has 1 saturated carbocycles. The lowest BCUT2D eigenvalue weighted by atomic mass is 9.92. The smallest absolute Gasteiger partial charge is 0.326 e. The Morgan fingerprint density at radius 2 is 1.79 bits per heavy atom. The summed E-state index contributed by atoms with van der Waals surface area (Å²) >= 11 is 0. The quantitative estimate of drug-likeness (QED) is 0.804. The van der Waals surface area contributed by atoms with Crippen molar-refractivity contribution >= 4 is 21.7 Å². The molecule has 3 rings (SSSR count). The van der Waals surface area contributed by atoms with Crippen LogP contribution in [0, 0.1) is 5.92 Å². The highest BCUT2D eigenvalue weighted by Gasteiger charge is 2.63. The number of β-amino-alcohol motifs (C(OH)–C–C–N with tert-alkyl or cyclic N) is 1. The van der Waals surface area contributed by atoms with Gasteiger partial charge in [0.25, 0.3) is 0 Å². The minimum atomic E-state index is -4.23. The highest BCUT2D eigenvalue weighted by Crippen LogP contribution is 2.46. The number of carbonyl (C=O) groups excluding carboxylic acids is 1. The molecule has 8 heteroatoms. The van der Waals surface area contributed by atoms with Gasteiger partial charge in [0.1, 0.15) is 0 Å². The van der Waals surface area contributed by atoms with E-state index >= 15 is 0 Å². The van der Waals surface area contributed by atoms with Gasteiger partial charge in [-0.2, -0.15) is 0 Å². The maximum atomic E-state index is 13.1. The Labute approximate surface area is 139 Å². The summed E-state index contributed by atoms with van der Waals surface area (Å²) in [5.74, 6) is -3.12. The van der Waals surface area contributed by atoms with Gasteiger partial charge in [0, 0.05) is 13.1 Å². The van der Waals surface area contributed by atoms with E-state index in [4.69, 9.17) is 0 Å². The zero-order valence-corrected chi connectivity index (χ0v) is 13.8. The number of nitrogens with zero attached hydrogens (tertiary/aromatic N) is 1. The van der Waals surface area contributed by atoms with E-state index in [1.54, 1.807) is 6.07 Å². The summed E-state index contributed by atoms with van der Waals surface area (Å²) in [4.78, 5) is 26.0. The van der Waals surface area contributed by atoms with E-state index in [1.807, 2.05) is 0 Å². The molecule has 0 radical (unpaired) electrons. The highest BCUT2D eigenvalue weighted by atomic mass is 32.2. The molecule has 0 bridgehead atoms. The summed E-state index contributed by atoms with van der Waals surface area (Å²) < 4.78 is 24.1. The number of hydrogen-bond donors (Lipinski definition) is 2. The van der Waals surface area contributed by atoms with E-state index in [9.17, 15) is 28.2 Å². The largest absolute Gasteiger partial charge is 0.480 e. The van der Waals surface area contributed by atoms with Gasteiger partial charge in [-0.05, 0) is 25.0 Å². The molecule has 0 spiro atoms. The Morgan fingerprint density at radius 1 is 1.17 bits per heavy atom. The van der Waals surface area contributed by atoms with Gasteiger partial charge in [0.2, 0.25) is 5.91 Å². The number of aliphatic carboxylic acids is 1. The van der Waals surface area contributed by atoms with Crippen LogP contribution in [-0.2, 0) is 19.4 Å². The maximum Gasteiger partial charge on any atom is 0.326 e. The van der Waals surface area contributed by atoms with Crippen LogP contribution in [0.5, 0.6) is 0 Å². The SMILES string of the molecule is O=C([C@H]1CCC[C@@]1(C(=O)O)S(=O)(=O)c1ccccc1)N1CC(O)C1. The Morgan fingerprint density at radius 3 is 2.33 bits per heavy atom. The van der Waals surface area contributed by atoms with Crippen LogP contribution in [-0.4, -0.2) is 59.3 Å². The third-order valence-electron chi connectivity index (χ3n) is 4.97. The van der Waals surface area contributed by atoms with Crippen molar-refractivity contribution in [3.05, 3.63) is 30.3 Å². The summed E-state index contributed by atoms with van der Waals surface area (Å²) in [6.45, 7) is 0.243. The molecule has 1 aliphatic carbocycles. The van der Waals surface area contributed by atoms with Crippen LogP contribution < -0.4 is 0 Å². The molecular formula is C16H19NO6S. The Bertz CT molecular complexity index is 756. The van der Waals surface area contributed by atoms with E-state index in [1.165, 1.54) is 29.2 Å². The second kappa shape index (κ2) is 5.86. The summed E-state index contributed by atoms with van der Waals surface area (Å²) in [6.07, 6.45) is -0.151. The average Bonchev–Trinajstić information content (AvgIpc) is 2.99. The minimum Gasteiger partial charge on any atom is -0.480 e. The number of aliphatic hydroxyl groups excluding tert-OH is 1. The van der Waals surface area contributed by atoms with Crippen LogP contribution >= 0.6 is 0 Å². The molecule has 2 atom stereocenters. The van der Waals surface area contributed by atoms with Gasteiger partial charge < -0.3 is 15.1 Å². The molecule has 7 nitrogen and oxygen atoms in total. The molecule has 2 aliphatic rings. The molecular weight excluding hydrogens is 334 g/mol. The molecule has 0 aromatic heterocycles. The molecule has 1 aliphatic heterocycles. The molecule has 130 valence electrons. The van der Waals surface area contributed by atoms with Crippen molar-refractivity contribution in [2.45, 2.75) is 35.0 Å². The van der Waals surface area contributed by atoms with Crippen molar-refractivity contribution in [2.75, 3.05) is 13.1 Å². The van der Waals surface area contributed by atoms with Gasteiger partial charge in [-0.25, -0.2) is 8.42 Å². The van der Waals surface area contributed by atoms with Crippen LogP contribution in [0.25, 0.3) is 0 Å². The van der Waals surface area contributed by atoms with Crippen LogP contribution in [0.15, 0.2) is 35.2 Å². The number of carboxylic acid groups (broad SMARTS) is 1. The van der Waals surface area contributed by atoms with Crippen LogP contribution in [0.2, 0.25) is 0 Å². The van der Waals surface area contributed by atoms with Gasteiger partial charge in [-0.1, -0.05) is 24.6 Å². The Kier molecular flexibility index (Phi) is 4.13. The third-order valence-corrected chi connectivity index (χ3v) is 7.49. The van der Waals surface area contributed by atoms with Gasteiger partial charge in [0.05, 0.1) is 16.9 Å². The third kappa shape index (κ3) is 2.32. The number of carbonyl (C=O) groups is 2. The standard InChI is InChI=1S/C16H19NO6S/c18-11-9-17(10-11)14(19)13-7-4-8-16(13,15(20)21)24(22,23)12-5-2-1-3-6-12/h1-3,5-6,11,13,18H,4,7-10H2,(H,20,21)/t13-,16-/m1/s1. The first-order valence-electron chi connectivity index (χ1n) is 7.80. The fraction of sp³-hybridized carbons (Fsp3) is 0.500. The summed E-state index contributed by atoms with van der Waals surface area (Å²) in [5.41, 5.74) is 0. The second-order valence-electron chi connectivity index (χ2n) is 6.35. The molecule has 1 saturated heterocycles. The van der Waals surface area contributed by atoms with E-state index < -0.39 is 38.5 Å². The van der Waals surface area contributed by atoms with Gasteiger partial charge in [0.15, 0.2) is 14.6 Å².